The second kappa shape index (κ2) is 5.44. The molecule has 3 aromatic rings. The van der Waals surface area contributed by atoms with Crippen molar-refractivity contribution in [3.05, 3.63) is 59.8 Å². The molecule has 0 atom stereocenters. The van der Waals surface area contributed by atoms with Crippen molar-refractivity contribution in [2.75, 3.05) is 5.32 Å². The van der Waals surface area contributed by atoms with E-state index in [4.69, 9.17) is 0 Å². The van der Waals surface area contributed by atoms with E-state index >= 15 is 0 Å². The Labute approximate surface area is 127 Å². The van der Waals surface area contributed by atoms with Crippen molar-refractivity contribution in [2.24, 2.45) is 7.05 Å². The van der Waals surface area contributed by atoms with Gasteiger partial charge in [0.05, 0.1) is 5.52 Å². The van der Waals surface area contributed by atoms with Crippen LogP contribution in [0.3, 0.4) is 0 Å². The lowest BCUT2D eigenvalue weighted by molar-refractivity contribution is 0.101. The van der Waals surface area contributed by atoms with E-state index in [1.165, 1.54) is 6.92 Å². The van der Waals surface area contributed by atoms with Crippen LogP contribution in [0.5, 0.6) is 0 Å². The Kier molecular flexibility index (Phi) is 3.47. The van der Waals surface area contributed by atoms with E-state index in [2.05, 4.69) is 10.4 Å². The molecule has 1 heterocycles. The predicted octanol–water partition coefficient (Wildman–Crippen LogP) is 3.03. The van der Waals surface area contributed by atoms with Gasteiger partial charge in [-0.15, -0.1) is 0 Å². The van der Waals surface area contributed by atoms with Gasteiger partial charge in [-0.25, -0.2) is 0 Å². The van der Waals surface area contributed by atoms with Crippen LogP contribution in [0.15, 0.2) is 48.5 Å². The number of benzene rings is 2. The van der Waals surface area contributed by atoms with Crippen molar-refractivity contribution in [2.45, 2.75) is 6.92 Å². The third-order valence-corrected chi connectivity index (χ3v) is 3.52. The number of carbonyl (C=O) groups is 2. The van der Waals surface area contributed by atoms with E-state index in [1.807, 2.05) is 24.3 Å². The van der Waals surface area contributed by atoms with Gasteiger partial charge in [-0.1, -0.05) is 18.2 Å². The van der Waals surface area contributed by atoms with Crippen LogP contribution in [0.4, 0.5) is 5.69 Å². The third-order valence-electron chi connectivity index (χ3n) is 3.52. The maximum atomic E-state index is 12.4. The molecule has 110 valence electrons. The van der Waals surface area contributed by atoms with Gasteiger partial charge in [-0.3, -0.25) is 14.3 Å². The summed E-state index contributed by atoms with van der Waals surface area (Å²) in [6, 6.07) is 14.4. The highest BCUT2D eigenvalue weighted by Gasteiger charge is 2.15. The Morgan fingerprint density at radius 3 is 2.41 bits per heavy atom. The summed E-state index contributed by atoms with van der Waals surface area (Å²) >= 11 is 0. The Balaban J connectivity index is 1.89. The second-order valence-corrected chi connectivity index (χ2v) is 5.08. The topological polar surface area (TPSA) is 64.0 Å². The molecular weight excluding hydrogens is 278 g/mol. The largest absolute Gasteiger partial charge is 0.321 e. The van der Waals surface area contributed by atoms with E-state index in [-0.39, 0.29) is 11.7 Å². The van der Waals surface area contributed by atoms with Gasteiger partial charge in [0.25, 0.3) is 5.91 Å². The number of hydrogen-bond acceptors (Lipinski definition) is 3. The quantitative estimate of drug-likeness (QED) is 0.755. The van der Waals surface area contributed by atoms with Gasteiger partial charge in [0.1, 0.15) is 0 Å². The SMILES string of the molecule is CC(=O)c1ccc(NC(=O)c2nn(C)c3ccccc23)cc1. The normalized spacial score (nSPS) is 10.6. The van der Waals surface area contributed by atoms with Crippen LogP contribution < -0.4 is 5.32 Å². The molecule has 5 heteroatoms. The van der Waals surface area contributed by atoms with Gasteiger partial charge < -0.3 is 5.32 Å². The Morgan fingerprint density at radius 1 is 1.05 bits per heavy atom. The van der Waals surface area contributed by atoms with E-state index < -0.39 is 0 Å². The minimum absolute atomic E-state index is 0.00593. The molecule has 0 unspecified atom stereocenters. The van der Waals surface area contributed by atoms with Crippen molar-refractivity contribution >= 4 is 28.3 Å². The molecule has 0 saturated heterocycles. The summed E-state index contributed by atoms with van der Waals surface area (Å²) in [5, 5.41) is 7.89. The number of para-hydroxylation sites is 1. The molecule has 1 N–H and O–H groups in total. The summed E-state index contributed by atoms with van der Waals surface area (Å²) < 4.78 is 1.68. The number of aromatic nitrogens is 2. The number of rotatable bonds is 3. The van der Waals surface area contributed by atoms with Crippen LogP contribution in [-0.2, 0) is 7.05 Å². The van der Waals surface area contributed by atoms with Gasteiger partial charge in [-0.2, -0.15) is 5.10 Å². The number of hydrogen-bond donors (Lipinski definition) is 1. The van der Waals surface area contributed by atoms with Crippen molar-refractivity contribution < 1.29 is 9.59 Å². The lowest BCUT2D eigenvalue weighted by Gasteiger charge is -2.04. The van der Waals surface area contributed by atoms with Gasteiger partial charge in [0.2, 0.25) is 0 Å². The third kappa shape index (κ3) is 2.48. The molecule has 3 rings (SSSR count). The Morgan fingerprint density at radius 2 is 1.73 bits per heavy atom. The molecule has 0 bridgehead atoms. The number of aryl methyl sites for hydroxylation is 1. The molecule has 0 aliphatic heterocycles. The fraction of sp³-hybridized carbons (Fsp3) is 0.118. The molecule has 0 radical (unpaired) electrons. The summed E-state index contributed by atoms with van der Waals surface area (Å²) in [4.78, 5) is 23.7. The summed E-state index contributed by atoms with van der Waals surface area (Å²) in [6.07, 6.45) is 0. The smallest absolute Gasteiger partial charge is 0.276 e. The monoisotopic (exact) mass is 293 g/mol. The van der Waals surface area contributed by atoms with E-state index in [9.17, 15) is 9.59 Å². The number of carbonyl (C=O) groups excluding carboxylic acids is 2. The van der Waals surface area contributed by atoms with Crippen LogP contribution in [0.2, 0.25) is 0 Å². The molecule has 1 aromatic heterocycles. The predicted molar refractivity (Wildman–Crippen MR) is 85.1 cm³/mol. The molecule has 0 aliphatic rings. The van der Waals surface area contributed by atoms with Gasteiger partial charge in [0, 0.05) is 23.7 Å². The van der Waals surface area contributed by atoms with Crippen LogP contribution in [0.25, 0.3) is 10.9 Å². The van der Waals surface area contributed by atoms with Crippen molar-refractivity contribution in [1.29, 1.82) is 0 Å². The van der Waals surface area contributed by atoms with E-state index in [1.54, 1.807) is 36.0 Å². The summed E-state index contributed by atoms with van der Waals surface area (Å²) in [5.74, 6) is -0.277. The van der Waals surface area contributed by atoms with E-state index in [0.29, 0.717) is 16.9 Å². The average Bonchev–Trinajstić information content (AvgIpc) is 2.86. The van der Waals surface area contributed by atoms with Crippen LogP contribution in [-0.4, -0.2) is 21.5 Å². The lowest BCUT2D eigenvalue weighted by atomic mass is 10.1. The molecule has 1 amide bonds. The fourth-order valence-corrected chi connectivity index (χ4v) is 2.36. The zero-order valence-electron chi connectivity index (χ0n) is 12.3. The standard InChI is InChI=1S/C17H15N3O2/c1-11(21)12-7-9-13(10-8-12)18-17(22)16-14-5-3-4-6-15(14)20(2)19-16/h3-10H,1-2H3,(H,18,22). The maximum Gasteiger partial charge on any atom is 0.276 e. The average molecular weight is 293 g/mol. The highest BCUT2D eigenvalue weighted by Crippen LogP contribution is 2.19. The van der Waals surface area contributed by atoms with Crippen molar-refractivity contribution in [1.82, 2.24) is 9.78 Å². The zero-order chi connectivity index (χ0) is 15.7. The Bertz CT molecular complexity index is 863. The van der Waals surface area contributed by atoms with Crippen LogP contribution >= 0.6 is 0 Å². The molecule has 0 saturated carbocycles. The van der Waals surface area contributed by atoms with Crippen LogP contribution in [0.1, 0.15) is 27.8 Å². The molecule has 22 heavy (non-hydrogen) atoms. The highest BCUT2D eigenvalue weighted by molar-refractivity contribution is 6.11. The van der Waals surface area contributed by atoms with Crippen molar-refractivity contribution in [3.63, 3.8) is 0 Å². The van der Waals surface area contributed by atoms with Crippen molar-refractivity contribution in [3.8, 4) is 0 Å². The number of Topliss-reactive ketones (excluding diaryl/α,β-unsaturated/α-hetero) is 1. The first-order valence-electron chi connectivity index (χ1n) is 6.90. The molecule has 5 nitrogen and oxygen atoms in total. The number of fused-ring (bicyclic) bond motifs is 1. The summed E-state index contributed by atoms with van der Waals surface area (Å²) in [6.45, 7) is 1.51. The van der Waals surface area contributed by atoms with Gasteiger partial charge in [-0.05, 0) is 37.3 Å². The fourth-order valence-electron chi connectivity index (χ4n) is 2.36. The summed E-state index contributed by atoms with van der Waals surface area (Å²) in [7, 11) is 1.81. The number of anilines is 1. The zero-order valence-corrected chi connectivity index (χ0v) is 12.3. The molecule has 0 spiro atoms. The first-order valence-corrected chi connectivity index (χ1v) is 6.90. The lowest BCUT2D eigenvalue weighted by Crippen LogP contribution is -2.13. The summed E-state index contributed by atoms with van der Waals surface area (Å²) in [5.41, 5.74) is 2.53. The van der Waals surface area contributed by atoms with E-state index in [0.717, 1.165) is 10.9 Å². The van der Waals surface area contributed by atoms with Crippen LogP contribution in [0, 0.1) is 0 Å². The Hall–Kier alpha value is -2.95. The minimum Gasteiger partial charge on any atom is -0.321 e. The first kappa shape index (κ1) is 14.0. The maximum absolute atomic E-state index is 12.4. The second-order valence-electron chi connectivity index (χ2n) is 5.08. The molecular formula is C17H15N3O2. The number of nitrogens with zero attached hydrogens (tertiary/aromatic N) is 2. The molecule has 0 fully saturated rings. The highest BCUT2D eigenvalue weighted by atomic mass is 16.2. The number of nitrogens with one attached hydrogen (secondary N) is 1. The number of ketones is 1. The molecule has 0 aliphatic carbocycles. The van der Waals surface area contributed by atoms with Gasteiger partial charge in [0.15, 0.2) is 11.5 Å². The van der Waals surface area contributed by atoms with Gasteiger partial charge >= 0.3 is 0 Å². The number of amides is 1. The minimum atomic E-state index is -0.271. The first-order chi connectivity index (χ1) is 10.6. The molecule has 2 aromatic carbocycles.